The van der Waals surface area contributed by atoms with Gasteiger partial charge >= 0.3 is 5.97 Å². The Bertz CT molecular complexity index is 926. The normalized spacial score (nSPS) is 10.5. The second kappa shape index (κ2) is 9.66. The van der Waals surface area contributed by atoms with Gasteiger partial charge in [-0.15, -0.1) is 10.2 Å². The van der Waals surface area contributed by atoms with Crippen molar-refractivity contribution < 1.29 is 18.7 Å². The van der Waals surface area contributed by atoms with Crippen LogP contribution in [0, 0.1) is 0 Å². The van der Waals surface area contributed by atoms with Gasteiger partial charge in [-0.05, 0) is 42.8 Å². The lowest BCUT2D eigenvalue weighted by Crippen LogP contribution is -2.24. The highest BCUT2D eigenvalue weighted by Gasteiger charge is 2.11. The molecule has 7 nitrogen and oxygen atoms in total. The molecule has 1 amide bonds. The van der Waals surface area contributed by atoms with Crippen molar-refractivity contribution in [2.45, 2.75) is 19.4 Å². The minimum atomic E-state index is -0.403. The average molecular weight is 400 g/mol. The van der Waals surface area contributed by atoms with E-state index in [-0.39, 0.29) is 24.8 Å². The summed E-state index contributed by atoms with van der Waals surface area (Å²) in [6.07, 6.45) is 0.623. The second-order valence-corrected chi connectivity index (χ2v) is 6.33. The van der Waals surface area contributed by atoms with Crippen molar-refractivity contribution in [3.8, 4) is 11.5 Å². The maximum atomic E-state index is 11.9. The molecule has 1 heterocycles. The Kier molecular flexibility index (Phi) is 6.75. The van der Waals surface area contributed by atoms with E-state index in [0.717, 1.165) is 5.56 Å². The summed E-state index contributed by atoms with van der Waals surface area (Å²) in [7, 11) is 0. The third-order valence-corrected chi connectivity index (χ3v) is 4.05. The van der Waals surface area contributed by atoms with Gasteiger partial charge in [0, 0.05) is 29.1 Å². The summed E-state index contributed by atoms with van der Waals surface area (Å²) in [6, 6.07) is 15.9. The Morgan fingerprint density at radius 1 is 1.04 bits per heavy atom. The quantitative estimate of drug-likeness (QED) is 0.459. The molecule has 3 aromatic rings. The number of nitrogens with one attached hydrogen (secondary N) is 1. The van der Waals surface area contributed by atoms with Gasteiger partial charge in [0.2, 0.25) is 5.89 Å². The van der Waals surface area contributed by atoms with Gasteiger partial charge in [0.25, 0.3) is 11.8 Å². The molecule has 0 aliphatic heterocycles. The van der Waals surface area contributed by atoms with Gasteiger partial charge in [-0.25, -0.2) is 0 Å². The summed E-state index contributed by atoms with van der Waals surface area (Å²) < 4.78 is 10.6. The molecule has 1 aromatic heterocycles. The van der Waals surface area contributed by atoms with Gasteiger partial charge in [-0.1, -0.05) is 29.8 Å². The van der Waals surface area contributed by atoms with Crippen LogP contribution in [-0.2, 0) is 16.1 Å². The zero-order chi connectivity index (χ0) is 19.8. The molecule has 0 unspecified atom stereocenters. The lowest BCUT2D eigenvalue weighted by atomic mass is 10.2. The van der Waals surface area contributed by atoms with Crippen molar-refractivity contribution in [3.63, 3.8) is 0 Å². The number of esters is 1. The number of rotatable bonds is 8. The first-order valence-corrected chi connectivity index (χ1v) is 9.07. The Morgan fingerprint density at radius 2 is 1.79 bits per heavy atom. The number of halogens is 1. The first kappa shape index (κ1) is 19.6. The van der Waals surface area contributed by atoms with Crippen LogP contribution in [0.5, 0.6) is 0 Å². The molecule has 0 fully saturated rings. The molecule has 0 radical (unpaired) electrons. The third kappa shape index (κ3) is 5.65. The van der Waals surface area contributed by atoms with E-state index in [1.807, 2.05) is 30.3 Å². The number of nitrogens with zero attached hydrogens (tertiary/aromatic N) is 2. The molecule has 28 heavy (non-hydrogen) atoms. The fourth-order valence-electron chi connectivity index (χ4n) is 2.36. The Morgan fingerprint density at radius 3 is 2.54 bits per heavy atom. The van der Waals surface area contributed by atoms with Crippen molar-refractivity contribution in [2.75, 3.05) is 6.54 Å². The van der Waals surface area contributed by atoms with Gasteiger partial charge in [-0.2, -0.15) is 0 Å². The summed E-state index contributed by atoms with van der Waals surface area (Å²) in [4.78, 5) is 23.7. The van der Waals surface area contributed by atoms with Gasteiger partial charge in [0.05, 0.1) is 0 Å². The molecule has 0 saturated carbocycles. The number of hydrogen-bond donors (Lipinski definition) is 1. The lowest BCUT2D eigenvalue weighted by molar-refractivity contribution is -0.145. The Hall–Kier alpha value is -3.19. The van der Waals surface area contributed by atoms with Crippen LogP contribution in [0.4, 0.5) is 0 Å². The number of hydrogen-bond acceptors (Lipinski definition) is 6. The van der Waals surface area contributed by atoms with Crippen LogP contribution in [0.15, 0.2) is 59.0 Å². The van der Waals surface area contributed by atoms with Gasteiger partial charge in [0.1, 0.15) is 0 Å². The highest BCUT2D eigenvalue weighted by molar-refractivity contribution is 6.30. The monoisotopic (exact) mass is 399 g/mol. The standard InChI is InChI=1S/C20H18ClN3O4/c21-16-10-8-14(9-11-16)19(26)22-12-4-7-18(25)27-13-17-23-24-20(28-17)15-5-2-1-3-6-15/h1-3,5-6,8-11H,4,7,12-13H2,(H,22,26). The Balaban J connectivity index is 1.35. The van der Waals surface area contributed by atoms with E-state index in [2.05, 4.69) is 15.5 Å². The predicted octanol–water partition coefficient (Wildman–Crippen LogP) is 3.64. The zero-order valence-corrected chi connectivity index (χ0v) is 15.7. The summed E-state index contributed by atoms with van der Waals surface area (Å²) in [5.74, 6) is -0.0238. The molecule has 0 saturated heterocycles. The smallest absolute Gasteiger partial charge is 0.306 e. The second-order valence-electron chi connectivity index (χ2n) is 5.89. The van der Waals surface area contributed by atoms with E-state index in [0.29, 0.717) is 29.4 Å². The molecular formula is C20H18ClN3O4. The van der Waals surface area contributed by atoms with Gasteiger partial charge in [-0.3, -0.25) is 9.59 Å². The Labute approximate surface area is 166 Å². The molecule has 3 rings (SSSR count). The fourth-order valence-corrected chi connectivity index (χ4v) is 2.49. The van der Waals surface area contributed by atoms with Crippen molar-refractivity contribution in [3.05, 3.63) is 71.1 Å². The van der Waals surface area contributed by atoms with Crippen LogP contribution in [0.25, 0.3) is 11.5 Å². The van der Waals surface area contributed by atoms with Crippen LogP contribution in [0.3, 0.4) is 0 Å². The van der Waals surface area contributed by atoms with E-state index in [1.165, 1.54) is 0 Å². The number of ether oxygens (including phenoxy) is 1. The topological polar surface area (TPSA) is 94.3 Å². The summed E-state index contributed by atoms with van der Waals surface area (Å²) >= 11 is 5.79. The van der Waals surface area contributed by atoms with Gasteiger partial charge in [0.15, 0.2) is 6.61 Å². The molecule has 144 valence electrons. The van der Waals surface area contributed by atoms with Crippen LogP contribution in [0.1, 0.15) is 29.1 Å². The maximum absolute atomic E-state index is 11.9. The van der Waals surface area contributed by atoms with Gasteiger partial charge < -0.3 is 14.5 Å². The molecule has 0 bridgehead atoms. The molecule has 0 aliphatic rings. The molecule has 2 aromatic carbocycles. The number of carbonyl (C=O) groups excluding carboxylic acids is 2. The van der Waals surface area contributed by atoms with Crippen LogP contribution < -0.4 is 5.32 Å². The summed E-state index contributed by atoms with van der Waals surface area (Å²) in [6.45, 7) is 0.269. The first-order valence-electron chi connectivity index (χ1n) is 8.69. The predicted molar refractivity (Wildman–Crippen MR) is 103 cm³/mol. The minimum Gasteiger partial charge on any atom is -0.456 e. The van der Waals surface area contributed by atoms with Crippen molar-refractivity contribution in [1.82, 2.24) is 15.5 Å². The highest BCUT2D eigenvalue weighted by Crippen LogP contribution is 2.17. The number of amides is 1. The zero-order valence-electron chi connectivity index (χ0n) is 14.9. The highest BCUT2D eigenvalue weighted by atomic mass is 35.5. The molecule has 0 atom stereocenters. The van der Waals surface area contributed by atoms with Crippen LogP contribution >= 0.6 is 11.6 Å². The van der Waals surface area contributed by atoms with E-state index in [1.54, 1.807) is 24.3 Å². The van der Waals surface area contributed by atoms with E-state index < -0.39 is 5.97 Å². The summed E-state index contributed by atoms with van der Waals surface area (Å²) in [5, 5.41) is 11.1. The maximum Gasteiger partial charge on any atom is 0.306 e. The molecule has 8 heteroatoms. The summed E-state index contributed by atoms with van der Waals surface area (Å²) in [5.41, 5.74) is 1.31. The van der Waals surface area contributed by atoms with E-state index >= 15 is 0 Å². The van der Waals surface area contributed by atoms with Crippen molar-refractivity contribution >= 4 is 23.5 Å². The lowest BCUT2D eigenvalue weighted by Gasteiger charge is -2.05. The van der Waals surface area contributed by atoms with Crippen LogP contribution in [-0.4, -0.2) is 28.6 Å². The number of carbonyl (C=O) groups is 2. The van der Waals surface area contributed by atoms with Crippen molar-refractivity contribution in [2.24, 2.45) is 0 Å². The minimum absolute atomic E-state index is 0.0875. The average Bonchev–Trinajstić information content (AvgIpc) is 3.20. The number of aromatic nitrogens is 2. The SMILES string of the molecule is O=C(CCCNC(=O)c1ccc(Cl)cc1)OCc1nnc(-c2ccccc2)o1. The van der Waals surface area contributed by atoms with E-state index in [9.17, 15) is 9.59 Å². The fraction of sp³-hybridized carbons (Fsp3) is 0.200. The largest absolute Gasteiger partial charge is 0.456 e. The molecule has 0 aliphatic carbocycles. The first-order chi connectivity index (χ1) is 13.6. The molecular weight excluding hydrogens is 382 g/mol. The molecule has 1 N–H and O–H groups in total. The number of benzene rings is 2. The molecule has 0 spiro atoms. The van der Waals surface area contributed by atoms with Crippen LogP contribution in [0.2, 0.25) is 5.02 Å². The van der Waals surface area contributed by atoms with E-state index in [4.69, 9.17) is 20.8 Å². The third-order valence-electron chi connectivity index (χ3n) is 3.79. The van der Waals surface area contributed by atoms with Crippen molar-refractivity contribution in [1.29, 1.82) is 0 Å².